The topological polar surface area (TPSA) is 36.9 Å². The smallest absolute Gasteiger partial charge is 0.362 e. The monoisotopic (exact) mass is 425 g/mol. The lowest BCUT2D eigenvalue weighted by Gasteiger charge is -2.35. The van der Waals surface area contributed by atoms with Crippen LogP contribution in [0.25, 0.3) is 0 Å². The van der Waals surface area contributed by atoms with Crippen LogP contribution in [0.3, 0.4) is 0 Å². The number of nitrogens with one attached hydrogen (secondary N) is 1. The molecule has 2 aliphatic rings. The third kappa shape index (κ3) is 3.15. The summed E-state index contributed by atoms with van der Waals surface area (Å²) in [5.41, 5.74) is 1.94. The maximum absolute atomic E-state index is 12.9. The molecule has 4 rings (SSSR count). The molecule has 2 atom stereocenters. The molecule has 0 aliphatic carbocycles. The summed E-state index contributed by atoms with van der Waals surface area (Å²) in [5, 5.41) is 5.15. The van der Waals surface area contributed by atoms with E-state index >= 15 is 0 Å². The van der Waals surface area contributed by atoms with Crippen molar-refractivity contribution in [3.8, 4) is 0 Å². The quantitative estimate of drug-likeness (QED) is 0.733. The molecule has 0 saturated heterocycles. The SMILES string of the molecule is CON1c2ccccc2[C@@]2(CN=C(SC)S2)C1Nc1ccc(C(F)(F)F)cc1. The van der Waals surface area contributed by atoms with Crippen LogP contribution in [-0.4, -0.2) is 30.5 Å². The molecule has 148 valence electrons. The van der Waals surface area contributed by atoms with Crippen molar-refractivity contribution in [2.24, 2.45) is 4.99 Å². The van der Waals surface area contributed by atoms with E-state index in [-0.39, 0.29) is 6.17 Å². The second kappa shape index (κ2) is 7.20. The van der Waals surface area contributed by atoms with E-state index < -0.39 is 16.5 Å². The highest BCUT2D eigenvalue weighted by Gasteiger charge is 2.55. The molecular weight excluding hydrogens is 407 g/mol. The lowest BCUT2D eigenvalue weighted by atomic mass is 9.97. The molecule has 1 unspecified atom stereocenters. The first-order valence-corrected chi connectivity index (χ1v) is 10.6. The fourth-order valence-electron chi connectivity index (χ4n) is 3.58. The largest absolute Gasteiger partial charge is 0.416 e. The molecule has 0 fully saturated rings. The van der Waals surface area contributed by atoms with Crippen LogP contribution >= 0.6 is 23.5 Å². The number of thioether (sulfide) groups is 2. The standard InChI is InChI=1S/C19H18F3N3OS2/c1-26-25-15-6-4-3-5-14(15)18(11-23-17(27-2)28-18)16(25)24-13-9-7-12(8-10-13)19(20,21)22/h3-10,16,24H,11H2,1-2H3/t16?,18-/m0/s1. The molecule has 9 heteroatoms. The van der Waals surface area contributed by atoms with Crippen LogP contribution in [-0.2, 0) is 15.8 Å². The van der Waals surface area contributed by atoms with Gasteiger partial charge in [0.15, 0.2) is 0 Å². The molecule has 0 amide bonds. The predicted molar refractivity (Wildman–Crippen MR) is 110 cm³/mol. The average Bonchev–Trinajstić information content (AvgIpc) is 3.23. The van der Waals surface area contributed by atoms with Crippen molar-refractivity contribution in [1.82, 2.24) is 0 Å². The van der Waals surface area contributed by atoms with Crippen molar-refractivity contribution >= 4 is 39.3 Å². The number of para-hydroxylation sites is 1. The Morgan fingerprint density at radius 3 is 2.54 bits per heavy atom. The van der Waals surface area contributed by atoms with Gasteiger partial charge < -0.3 is 5.32 Å². The van der Waals surface area contributed by atoms with Gasteiger partial charge in [0, 0.05) is 11.3 Å². The number of rotatable bonds is 3. The van der Waals surface area contributed by atoms with Crippen molar-refractivity contribution in [3.63, 3.8) is 0 Å². The van der Waals surface area contributed by atoms with Gasteiger partial charge in [-0.05, 0) is 36.6 Å². The van der Waals surface area contributed by atoms with E-state index in [9.17, 15) is 13.2 Å². The average molecular weight is 426 g/mol. The molecule has 1 spiro atoms. The Balaban J connectivity index is 1.70. The first-order valence-electron chi connectivity index (χ1n) is 8.53. The van der Waals surface area contributed by atoms with Crippen LogP contribution in [0.2, 0.25) is 0 Å². The molecule has 2 aliphatic heterocycles. The van der Waals surface area contributed by atoms with Gasteiger partial charge in [-0.1, -0.05) is 30.0 Å². The Bertz CT molecular complexity index is 904. The van der Waals surface area contributed by atoms with Gasteiger partial charge in [-0.3, -0.25) is 9.83 Å². The number of nitrogens with zero attached hydrogens (tertiary/aromatic N) is 2. The van der Waals surface area contributed by atoms with Crippen molar-refractivity contribution in [2.45, 2.75) is 17.1 Å². The van der Waals surface area contributed by atoms with E-state index in [4.69, 9.17) is 4.84 Å². The third-order valence-electron chi connectivity index (χ3n) is 4.87. The molecule has 0 bridgehead atoms. The van der Waals surface area contributed by atoms with Gasteiger partial charge in [-0.2, -0.15) is 13.2 Å². The van der Waals surface area contributed by atoms with E-state index in [1.165, 1.54) is 12.1 Å². The van der Waals surface area contributed by atoms with Crippen LogP contribution in [0.15, 0.2) is 53.5 Å². The number of hydrogen-bond donors (Lipinski definition) is 1. The van der Waals surface area contributed by atoms with Gasteiger partial charge >= 0.3 is 6.18 Å². The number of benzene rings is 2. The first kappa shape index (κ1) is 19.5. The summed E-state index contributed by atoms with van der Waals surface area (Å²) in [7, 11) is 1.59. The highest BCUT2D eigenvalue weighted by atomic mass is 32.2. The molecule has 0 aromatic heterocycles. The Morgan fingerprint density at radius 1 is 1.21 bits per heavy atom. The number of anilines is 2. The zero-order valence-electron chi connectivity index (χ0n) is 15.2. The molecule has 2 aromatic rings. The molecule has 4 nitrogen and oxygen atoms in total. The van der Waals surface area contributed by atoms with Gasteiger partial charge in [0.05, 0.1) is 24.9 Å². The van der Waals surface area contributed by atoms with E-state index in [0.29, 0.717) is 12.2 Å². The number of hydrogen-bond acceptors (Lipinski definition) is 6. The highest BCUT2D eigenvalue weighted by Crippen LogP contribution is 2.56. The Morgan fingerprint density at radius 2 is 1.93 bits per heavy atom. The first-order chi connectivity index (χ1) is 13.4. The van der Waals surface area contributed by atoms with Crippen LogP contribution < -0.4 is 10.4 Å². The minimum absolute atomic E-state index is 0.329. The summed E-state index contributed by atoms with van der Waals surface area (Å²) in [6.45, 7) is 0.559. The molecule has 0 radical (unpaired) electrons. The highest BCUT2D eigenvalue weighted by molar-refractivity contribution is 8.39. The molecule has 28 heavy (non-hydrogen) atoms. The summed E-state index contributed by atoms with van der Waals surface area (Å²) in [5.74, 6) is 0. The second-order valence-corrected chi connectivity index (χ2v) is 8.80. The normalized spacial score (nSPS) is 23.8. The molecule has 0 saturated carbocycles. The van der Waals surface area contributed by atoms with E-state index in [0.717, 1.165) is 27.8 Å². The fourth-order valence-corrected chi connectivity index (χ4v) is 5.67. The predicted octanol–water partition coefficient (Wildman–Crippen LogP) is 5.19. The zero-order chi connectivity index (χ0) is 19.9. The summed E-state index contributed by atoms with van der Waals surface area (Å²) in [6, 6.07) is 13.0. The van der Waals surface area contributed by atoms with E-state index in [1.54, 1.807) is 35.7 Å². The van der Waals surface area contributed by atoms with Crippen LogP contribution in [0.5, 0.6) is 0 Å². The van der Waals surface area contributed by atoms with Crippen molar-refractivity contribution < 1.29 is 18.0 Å². The third-order valence-corrected chi connectivity index (χ3v) is 7.34. The van der Waals surface area contributed by atoms with Gasteiger partial charge in [0.25, 0.3) is 0 Å². The molecular formula is C19H18F3N3OS2. The Kier molecular flexibility index (Phi) is 5.01. The minimum atomic E-state index is -4.36. The van der Waals surface area contributed by atoms with Crippen molar-refractivity contribution in [2.75, 3.05) is 30.3 Å². The van der Waals surface area contributed by atoms with Gasteiger partial charge in [-0.15, -0.1) is 11.8 Å². The van der Waals surface area contributed by atoms with Gasteiger partial charge in [0.1, 0.15) is 15.3 Å². The van der Waals surface area contributed by atoms with E-state index in [2.05, 4.69) is 16.4 Å². The minimum Gasteiger partial charge on any atom is -0.362 e. The number of halogens is 3. The Hall–Kier alpha value is -1.84. The number of alkyl halides is 3. The lowest BCUT2D eigenvalue weighted by molar-refractivity contribution is -0.137. The maximum Gasteiger partial charge on any atom is 0.416 e. The fraction of sp³-hybridized carbons (Fsp3) is 0.316. The van der Waals surface area contributed by atoms with E-state index in [1.807, 2.05) is 24.5 Å². The summed E-state index contributed by atoms with van der Waals surface area (Å²) in [4.78, 5) is 10.3. The number of hydroxylamine groups is 1. The zero-order valence-corrected chi connectivity index (χ0v) is 16.8. The number of fused-ring (bicyclic) bond motifs is 2. The van der Waals surface area contributed by atoms with Crippen molar-refractivity contribution in [3.05, 3.63) is 59.7 Å². The maximum atomic E-state index is 12.9. The number of aliphatic imine (C=N–C) groups is 1. The van der Waals surface area contributed by atoms with Crippen molar-refractivity contribution in [1.29, 1.82) is 0 Å². The van der Waals surface area contributed by atoms with Crippen LogP contribution in [0.1, 0.15) is 11.1 Å². The summed E-state index contributed by atoms with van der Waals surface area (Å²) in [6.07, 6.45) is -2.70. The molecule has 1 N–H and O–H groups in total. The van der Waals surface area contributed by atoms with Gasteiger partial charge in [0.2, 0.25) is 0 Å². The second-order valence-electron chi connectivity index (χ2n) is 6.43. The van der Waals surface area contributed by atoms with Crippen LogP contribution in [0, 0.1) is 0 Å². The molecule has 2 aromatic carbocycles. The summed E-state index contributed by atoms with van der Waals surface area (Å²) >= 11 is 3.26. The molecule has 2 heterocycles. The van der Waals surface area contributed by atoms with Gasteiger partial charge in [-0.25, -0.2) is 5.06 Å². The van der Waals surface area contributed by atoms with Crippen LogP contribution in [0.4, 0.5) is 24.5 Å². The Labute approximate surface area is 169 Å². The lowest BCUT2D eigenvalue weighted by Crippen LogP contribution is -2.48. The summed E-state index contributed by atoms with van der Waals surface area (Å²) < 4.78 is 39.2.